The Bertz CT molecular complexity index is 1250. The second kappa shape index (κ2) is 9.90. The molecule has 0 aliphatic carbocycles. The summed E-state index contributed by atoms with van der Waals surface area (Å²) in [4.78, 5) is 3.61. The summed E-state index contributed by atoms with van der Waals surface area (Å²) in [6.45, 7) is 0. The van der Waals surface area contributed by atoms with Crippen molar-refractivity contribution in [1.82, 2.24) is 10.5 Å². The largest absolute Gasteiger partial charge is 0.434 e. The van der Waals surface area contributed by atoms with Crippen LogP contribution in [0.4, 0.5) is 23.2 Å². The van der Waals surface area contributed by atoms with Gasteiger partial charge in [-0.1, -0.05) is 52.7 Å². The first kappa shape index (κ1) is 24.7. The van der Waals surface area contributed by atoms with Crippen molar-refractivity contribution in [3.63, 3.8) is 0 Å². The predicted molar refractivity (Wildman–Crippen MR) is 124 cm³/mol. The number of nitrogens with one attached hydrogen (secondary N) is 1. The topological polar surface area (TPSA) is 76.4 Å². The van der Waals surface area contributed by atoms with Crippen molar-refractivity contribution in [2.45, 2.75) is 6.18 Å². The quantitative estimate of drug-likeness (QED) is 0.236. The fourth-order valence-electron chi connectivity index (χ4n) is 2.92. The summed E-state index contributed by atoms with van der Waals surface area (Å²) < 4.78 is 61.9. The summed E-state index contributed by atoms with van der Waals surface area (Å²) in [6, 6.07) is 9.36. The van der Waals surface area contributed by atoms with Crippen LogP contribution in [0.15, 0.2) is 58.2 Å². The van der Waals surface area contributed by atoms with Gasteiger partial charge in [-0.25, -0.2) is 9.38 Å². The highest BCUT2D eigenvalue weighted by atomic mass is 35.5. The standard InChI is InChI=1S/C21H14Cl2F4N4OS/c1-29-20(33)16-17(15-13(23)6-3-7-14(15)24)31-32-18(16)12(9-28)19(21(25,26)27)30-11-5-2-4-10(22)8-11/h2-9H,28H2,1H3,(H,29,33). The second-order valence-corrected chi connectivity index (χ2v) is 7.68. The minimum Gasteiger partial charge on any atom is -0.404 e. The third-order valence-electron chi connectivity index (χ3n) is 4.33. The van der Waals surface area contributed by atoms with E-state index in [9.17, 15) is 17.6 Å². The van der Waals surface area contributed by atoms with Crippen LogP contribution >= 0.6 is 35.4 Å². The van der Waals surface area contributed by atoms with Crippen molar-refractivity contribution in [3.8, 4) is 11.3 Å². The minimum atomic E-state index is -4.96. The van der Waals surface area contributed by atoms with E-state index in [1.807, 2.05) is 0 Å². The monoisotopic (exact) mass is 516 g/mol. The summed E-state index contributed by atoms with van der Waals surface area (Å²) >= 11 is 17.2. The first-order chi connectivity index (χ1) is 15.6. The molecule has 0 aliphatic rings. The number of halogens is 6. The van der Waals surface area contributed by atoms with Crippen molar-refractivity contribution in [2.24, 2.45) is 10.7 Å². The molecule has 3 rings (SSSR count). The molecule has 0 aliphatic heterocycles. The van der Waals surface area contributed by atoms with Gasteiger partial charge in [0.1, 0.15) is 16.5 Å². The number of aliphatic imine (C=N–C) groups is 1. The molecule has 1 heterocycles. The molecule has 0 unspecified atom stereocenters. The maximum atomic E-state index is 14.6. The maximum absolute atomic E-state index is 14.6. The number of thiocarbonyl (C=S) groups is 1. The molecular formula is C21H14Cl2F4N4OS. The molecule has 1 aromatic heterocycles. The number of benzene rings is 2. The van der Waals surface area contributed by atoms with E-state index in [1.54, 1.807) is 0 Å². The predicted octanol–water partition coefficient (Wildman–Crippen LogP) is 6.32. The SMILES string of the molecule is CNC(=S)c1c(-c2c(F)cccc2Cl)noc1C(=CN)C(=Nc1cccc(Cl)c1)C(F)(F)F. The van der Waals surface area contributed by atoms with E-state index in [1.165, 1.54) is 43.4 Å². The lowest BCUT2D eigenvalue weighted by atomic mass is 9.99. The summed E-state index contributed by atoms with van der Waals surface area (Å²) in [5.41, 5.74) is 2.91. The van der Waals surface area contributed by atoms with Crippen molar-refractivity contribution in [2.75, 3.05) is 7.05 Å². The molecule has 0 atom stereocenters. The van der Waals surface area contributed by atoms with Crippen molar-refractivity contribution in [3.05, 3.63) is 75.9 Å². The number of aromatic nitrogens is 1. The van der Waals surface area contributed by atoms with Gasteiger partial charge in [-0.15, -0.1) is 0 Å². The van der Waals surface area contributed by atoms with Crippen molar-refractivity contribution >= 4 is 57.4 Å². The first-order valence-corrected chi connectivity index (χ1v) is 10.2. The lowest BCUT2D eigenvalue weighted by Crippen LogP contribution is -2.26. The molecule has 33 heavy (non-hydrogen) atoms. The Morgan fingerprint density at radius 3 is 2.48 bits per heavy atom. The average Bonchev–Trinajstić information content (AvgIpc) is 3.16. The summed E-state index contributed by atoms with van der Waals surface area (Å²) in [5.74, 6) is -1.24. The van der Waals surface area contributed by atoms with E-state index in [-0.39, 0.29) is 37.5 Å². The molecule has 12 heteroatoms. The van der Waals surface area contributed by atoms with Crippen LogP contribution in [-0.4, -0.2) is 29.1 Å². The highest BCUT2D eigenvalue weighted by molar-refractivity contribution is 7.80. The van der Waals surface area contributed by atoms with Gasteiger partial charge in [0.2, 0.25) is 0 Å². The Kier molecular flexibility index (Phi) is 7.41. The molecule has 3 aromatic rings. The molecule has 172 valence electrons. The molecule has 0 amide bonds. The zero-order valence-corrected chi connectivity index (χ0v) is 19.0. The molecule has 5 nitrogen and oxygen atoms in total. The molecule has 3 N–H and O–H groups in total. The third kappa shape index (κ3) is 5.18. The van der Waals surface area contributed by atoms with Gasteiger partial charge >= 0.3 is 6.18 Å². The van der Waals surface area contributed by atoms with Gasteiger partial charge in [0.25, 0.3) is 0 Å². The molecule has 2 aromatic carbocycles. The zero-order chi connectivity index (χ0) is 24.3. The van der Waals surface area contributed by atoms with Crippen LogP contribution in [0.3, 0.4) is 0 Å². The Hall–Kier alpha value is -2.95. The lowest BCUT2D eigenvalue weighted by molar-refractivity contribution is -0.0571. The second-order valence-electron chi connectivity index (χ2n) is 6.43. The molecule has 0 spiro atoms. The smallest absolute Gasteiger partial charge is 0.404 e. The van der Waals surface area contributed by atoms with E-state index in [0.29, 0.717) is 6.20 Å². The van der Waals surface area contributed by atoms with E-state index >= 15 is 0 Å². The van der Waals surface area contributed by atoms with Crippen LogP contribution in [0.1, 0.15) is 11.3 Å². The van der Waals surface area contributed by atoms with Crippen molar-refractivity contribution in [1.29, 1.82) is 0 Å². The molecule has 0 bridgehead atoms. The highest BCUT2D eigenvalue weighted by Crippen LogP contribution is 2.38. The summed E-state index contributed by atoms with van der Waals surface area (Å²) in [7, 11) is 1.43. The normalized spacial score (nSPS) is 12.7. The van der Waals surface area contributed by atoms with Gasteiger partial charge in [-0.2, -0.15) is 13.2 Å². The van der Waals surface area contributed by atoms with Crippen LogP contribution in [-0.2, 0) is 0 Å². The van der Waals surface area contributed by atoms with E-state index in [2.05, 4.69) is 15.5 Å². The number of hydrogen-bond donors (Lipinski definition) is 2. The number of hydrogen-bond acceptors (Lipinski definition) is 5. The van der Waals surface area contributed by atoms with Crippen LogP contribution in [0, 0.1) is 5.82 Å². The van der Waals surface area contributed by atoms with E-state index in [0.717, 1.165) is 6.07 Å². The fourth-order valence-corrected chi connectivity index (χ4v) is 3.54. The van der Waals surface area contributed by atoms with Crippen LogP contribution in [0.2, 0.25) is 10.0 Å². The molecule has 0 fully saturated rings. The maximum Gasteiger partial charge on any atom is 0.434 e. The van der Waals surface area contributed by atoms with Gasteiger partial charge in [0.05, 0.1) is 27.4 Å². The Balaban J connectivity index is 2.29. The summed E-state index contributed by atoms with van der Waals surface area (Å²) in [6.07, 6.45) is -4.31. The lowest BCUT2D eigenvalue weighted by Gasteiger charge is -2.14. The molecule has 0 radical (unpaired) electrons. The summed E-state index contributed by atoms with van der Waals surface area (Å²) in [5, 5.41) is 6.53. The minimum absolute atomic E-state index is 0.0445. The Morgan fingerprint density at radius 1 is 1.21 bits per heavy atom. The number of nitrogens with two attached hydrogens (primary N) is 1. The fraction of sp³-hybridized carbons (Fsp3) is 0.0952. The Morgan fingerprint density at radius 2 is 1.91 bits per heavy atom. The Labute approximate surface area is 200 Å². The number of nitrogens with zero attached hydrogens (tertiary/aromatic N) is 2. The zero-order valence-electron chi connectivity index (χ0n) is 16.7. The van der Waals surface area contributed by atoms with Crippen LogP contribution in [0.25, 0.3) is 16.8 Å². The van der Waals surface area contributed by atoms with Crippen LogP contribution < -0.4 is 11.1 Å². The highest BCUT2D eigenvalue weighted by Gasteiger charge is 2.41. The van der Waals surface area contributed by atoms with E-state index < -0.39 is 29.0 Å². The molecule has 0 saturated carbocycles. The molecular weight excluding hydrogens is 503 g/mol. The molecule has 0 saturated heterocycles. The van der Waals surface area contributed by atoms with Crippen molar-refractivity contribution < 1.29 is 22.1 Å². The van der Waals surface area contributed by atoms with Gasteiger partial charge in [0.15, 0.2) is 11.5 Å². The first-order valence-electron chi connectivity index (χ1n) is 9.08. The van der Waals surface area contributed by atoms with Gasteiger partial charge in [-0.05, 0) is 30.3 Å². The number of rotatable bonds is 5. The number of alkyl halides is 3. The van der Waals surface area contributed by atoms with Gasteiger partial charge in [0, 0.05) is 18.3 Å². The van der Waals surface area contributed by atoms with Gasteiger partial charge in [-0.3, -0.25) is 0 Å². The van der Waals surface area contributed by atoms with Crippen LogP contribution in [0.5, 0.6) is 0 Å². The van der Waals surface area contributed by atoms with Gasteiger partial charge < -0.3 is 15.6 Å². The number of allylic oxidation sites excluding steroid dienone is 1. The average molecular weight is 517 g/mol. The van der Waals surface area contributed by atoms with E-state index in [4.69, 9.17) is 45.7 Å². The third-order valence-corrected chi connectivity index (χ3v) is 5.29.